The zero-order chi connectivity index (χ0) is 20.9. The molecule has 2 saturated heterocycles. The van der Waals surface area contributed by atoms with Crippen molar-refractivity contribution in [2.24, 2.45) is 5.92 Å². The SMILES string of the molecule is COc1ccc(CCC(=O)N2CCC[C@@H]3CN(C(=O)c4ccccc4)CC[C@@H]32)cc1. The van der Waals surface area contributed by atoms with Crippen LogP contribution < -0.4 is 4.74 Å². The van der Waals surface area contributed by atoms with Gasteiger partial charge in [0, 0.05) is 37.7 Å². The summed E-state index contributed by atoms with van der Waals surface area (Å²) >= 11 is 0. The van der Waals surface area contributed by atoms with Gasteiger partial charge in [-0.15, -0.1) is 0 Å². The number of carbonyl (C=O) groups excluding carboxylic acids is 2. The van der Waals surface area contributed by atoms with Gasteiger partial charge in [-0.3, -0.25) is 9.59 Å². The number of amides is 2. The number of fused-ring (bicyclic) bond motifs is 1. The highest BCUT2D eigenvalue weighted by Gasteiger charge is 2.39. The van der Waals surface area contributed by atoms with Gasteiger partial charge in [0.1, 0.15) is 5.75 Å². The summed E-state index contributed by atoms with van der Waals surface area (Å²) < 4.78 is 5.20. The second kappa shape index (κ2) is 9.33. The summed E-state index contributed by atoms with van der Waals surface area (Å²) in [5.74, 6) is 1.56. The van der Waals surface area contributed by atoms with Crippen LogP contribution in [0.3, 0.4) is 0 Å². The number of aryl methyl sites for hydroxylation is 1. The molecule has 158 valence electrons. The first kappa shape index (κ1) is 20.5. The van der Waals surface area contributed by atoms with Crippen LogP contribution in [-0.4, -0.2) is 54.4 Å². The fourth-order valence-electron chi connectivity index (χ4n) is 4.85. The molecule has 4 rings (SSSR count). The van der Waals surface area contributed by atoms with E-state index in [0.29, 0.717) is 12.3 Å². The van der Waals surface area contributed by atoms with Gasteiger partial charge >= 0.3 is 0 Å². The molecular weight excluding hydrogens is 376 g/mol. The summed E-state index contributed by atoms with van der Waals surface area (Å²) in [5.41, 5.74) is 1.90. The first-order valence-electron chi connectivity index (χ1n) is 10.9. The number of nitrogens with zero attached hydrogens (tertiary/aromatic N) is 2. The quantitative estimate of drug-likeness (QED) is 0.759. The van der Waals surface area contributed by atoms with Crippen LogP contribution in [0.4, 0.5) is 0 Å². The predicted molar refractivity (Wildman–Crippen MR) is 117 cm³/mol. The Morgan fingerprint density at radius 1 is 1.00 bits per heavy atom. The van der Waals surface area contributed by atoms with Crippen molar-refractivity contribution < 1.29 is 14.3 Å². The lowest BCUT2D eigenvalue weighted by atomic mass is 9.83. The Hall–Kier alpha value is -2.82. The van der Waals surface area contributed by atoms with Crippen LogP contribution in [0.5, 0.6) is 5.75 Å². The summed E-state index contributed by atoms with van der Waals surface area (Å²) in [6, 6.07) is 17.7. The number of carbonyl (C=O) groups is 2. The van der Waals surface area contributed by atoms with Crippen molar-refractivity contribution in [2.75, 3.05) is 26.7 Å². The van der Waals surface area contributed by atoms with Crippen LogP contribution in [0.2, 0.25) is 0 Å². The molecule has 2 aliphatic rings. The summed E-state index contributed by atoms with van der Waals surface area (Å²) in [7, 11) is 1.66. The van der Waals surface area contributed by atoms with E-state index in [0.717, 1.165) is 62.2 Å². The normalized spacial score (nSPS) is 21.1. The minimum atomic E-state index is 0.108. The average molecular weight is 407 g/mol. The molecule has 2 heterocycles. The molecule has 2 aliphatic heterocycles. The summed E-state index contributed by atoms with van der Waals surface area (Å²) in [6.45, 7) is 2.31. The monoisotopic (exact) mass is 406 g/mol. The predicted octanol–water partition coefficient (Wildman–Crippen LogP) is 3.78. The van der Waals surface area contributed by atoms with E-state index in [-0.39, 0.29) is 17.9 Å². The molecule has 0 aromatic heterocycles. The Kier molecular flexibility index (Phi) is 6.36. The van der Waals surface area contributed by atoms with E-state index < -0.39 is 0 Å². The molecule has 2 amide bonds. The van der Waals surface area contributed by atoms with Crippen LogP contribution in [0, 0.1) is 5.92 Å². The Morgan fingerprint density at radius 3 is 2.50 bits per heavy atom. The van der Waals surface area contributed by atoms with Crippen molar-refractivity contribution in [2.45, 2.75) is 38.1 Å². The van der Waals surface area contributed by atoms with Crippen molar-refractivity contribution in [3.05, 3.63) is 65.7 Å². The average Bonchev–Trinajstić information content (AvgIpc) is 2.82. The highest BCUT2D eigenvalue weighted by Crippen LogP contribution is 2.32. The molecule has 5 nitrogen and oxygen atoms in total. The van der Waals surface area contributed by atoms with Gasteiger partial charge in [-0.25, -0.2) is 0 Å². The zero-order valence-corrected chi connectivity index (χ0v) is 17.6. The fourth-order valence-corrected chi connectivity index (χ4v) is 4.85. The first-order valence-corrected chi connectivity index (χ1v) is 10.9. The van der Waals surface area contributed by atoms with E-state index in [1.807, 2.05) is 59.5 Å². The minimum absolute atomic E-state index is 0.108. The van der Waals surface area contributed by atoms with E-state index in [9.17, 15) is 9.59 Å². The van der Waals surface area contributed by atoms with E-state index in [2.05, 4.69) is 4.90 Å². The third-order valence-corrected chi connectivity index (χ3v) is 6.48. The topological polar surface area (TPSA) is 49.9 Å². The van der Waals surface area contributed by atoms with Gasteiger partial charge in [-0.1, -0.05) is 30.3 Å². The van der Waals surface area contributed by atoms with Gasteiger partial charge in [-0.05, 0) is 61.4 Å². The van der Waals surface area contributed by atoms with Crippen LogP contribution in [0.1, 0.15) is 41.6 Å². The van der Waals surface area contributed by atoms with Crippen molar-refractivity contribution in [3.8, 4) is 5.75 Å². The molecule has 0 radical (unpaired) electrons. The van der Waals surface area contributed by atoms with Gasteiger partial charge in [0.25, 0.3) is 5.91 Å². The number of likely N-dealkylation sites (tertiary alicyclic amines) is 2. The highest BCUT2D eigenvalue weighted by molar-refractivity contribution is 5.94. The Morgan fingerprint density at radius 2 is 1.77 bits per heavy atom. The summed E-state index contributed by atoms with van der Waals surface area (Å²) in [4.78, 5) is 29.9. The standard InChI is InChI=1S/C25H30N2O3/c1-30-22-12-9-19(10-13-22)11-14-24(28)27-16-5-8-21-18-26(17-15-23(21)27)25(29)20-6-3-2-4-7-20/h2-4,6-7,9-10,12-13,21,23H,5,8,11,14-18H2,1H3/t21-,23+/m1/s1. The number of ether oxygens (including phenoxy) is 1. The van der Waals surface area contributed by atoms with E-state index in [4.69, 9.17) is 4.74 Å². The lowest BCUT2D eigenvalue weighted by Gasteiger charge is -2.47. The molecule has 2 fully saturated rings. The second-order valence-electron chi connectivity index (χ2n) is 8.31. The van der Waals surface area contributed by atoms with Gasteiger partial charge in [-0.2, -0.15) is 0 Å². The smallest absolute Gasteiger partial charge is 0.253 e. The molecule has 5 heteroatoms. The Labute approximate surface area is 178 Å². The van der Waals surface area contributed by atoms with Gasteiger partial charge < -0.3 is 14.5 Å². The van der Waals surface area contributed by atoms with Crippen LogP contribution in [0.25, 0.3) is 0 Å². The molecule has 2 aromatic carbocycles. The van der Waals surface area contributed by atoms with Gasteiger partial charge in [0.05, 0.1) is 7.11 Å². The number of benzene rings is 2. The number of rotatable bonds is 5. The van der Waals surface area contributed by atoms with E-state index >= 15 is 0 Å². The van der Waals surface area contributed by atoms with E-state index in [1.165, 1.54) is 0 Å². The molecular formula is C25H30N2O3. The first-order chi connectivity index (χ1) is 14.7. The maximum absolute atomic E-state index is 13.0. The lowest BCUT2D eigenvalue weighted by molar-refractivity contribution is -0.137. The number of piperidine rings is 2. The van der Waals surface area contributed by atoms with Crippen LogP contribution in [0.15, 0.2) is 54.6 Å². The minimum Gasteiger partial charge on any atom is -0.497 e. The molecule has 2 aromatic rings. The molecule has 0 saturated carbocycles. The van der Waals surface area contributed by atoms with Gasteiger partial charge in [0.2, 0.25) is 5.91 Å². The van der Waals surface area contributed by atoms with Crippen molar-refractivity contribution >= 4 is 11.8 Å². The van der Waals surface area contributed by atoms with Gasteiger partial charge in [0.15, 0.2) is 0 Å². The summed E-state index contributed by atoms with van der Waals surface area (Å²) in [6.07, 6.45) is 4.25. The Bertz CT molecular complexity index is 866. The third kappa shape index (κ3) is 4.50. The largest absolute Gasteiger partial charge is 0.497 e. The third-order valence-electron chi connectivity index (χ3n) is 6.48. The summed E-state index contributed by atoms with van der Waals surface area (Å²) in [5, 5.41) is 0. The maximum Gasteiger partial charge on any atom is 0.253 e. The van der Waals surface area contributed by atoms with Crippen molar-refractivity contribution in [1.29, 1.82) is 0 Å². The van der Waals surface area contributed by atoms with Crippen molar-refractivity contribution in [1.82, 2.24) is 9.80 Å². The number of hydrogen-bond acceptors (Lipinski definition) is 3. The van der Waals surface area contributed by atoms with Crippen LogP contribution >= 0.6 is 0 Å². The number of hydrogen-bond donors (Lipinski definition) is 0. The molecule has 0 N–H and O–H groups in total. The highest BCUT2D eigenvalue weighted by atomic mass is 16.5. The molecule has 0 spiro atoms. The van der Waals surface area contributed by atoms with E-state index in [1.54, 1.807) is 7.11 Å². The molecule has 0 bridgehead atoms. The number of methoxy groups -OCH3 is 1. The van der Waals surface area contributed by atoms with Crippen molar-refractivity contribution in [3.63, 3.8) is 0 Å². The molecule has 30 heavy (non-hydrogen) atoms. The van der Waals surface area contributed by atoms with Crippen LogP contribution in [-0.2, 0) is 11.2 Å². The molecule has 0 aliphatic carbocycles. The zero-order valence-electron chi connectivity index (χ0n) is 17.6. The second-order valence-corrected chi connectivity index (χ2v) is 8.31. The fraction of sp³-hybridized carbons (Fsp3) is 0.440. The Balaban J connectivity index is 1.34. The molecule has 2 atom stereocenters. The maximum atomic E-state index is 13.0. The molecule has 0 unspecified atom stereocenters. The lowest BCUT2D eigenvalue weighted by Crippen LogP contribution is -2.56.